The average Bonchev–Trinajstić information content (AvgIpc) is 2.62. The van der Waals surface area contributed by atoms with Crippen LogP contribution in [0.3, 0.4) is 0 Å². The first-order valence-corrected chi connectivity index (χ1v) is 9.98. The molecule has 0 amide bonds. The second-order valence-electron chi connectivity index (χ2n) is 6.00. The quantitative estimate of drug-likeness (QED) is 0.900. The van der Waals surface area contributed by atoms with E-state index >= 15 is 0 Å². The molecule has 1 unspecified atom stereocenters. The van der Waals surface area contributed by atoms with Crippen molar-refractivity contribution >= 4 is 20.8 Å². The highest BCUT2D eigenvalue weighted by Gasteiger charge is 2.36. The summed E-state index contributed by atoms with van der Waals surface area (Å²) in [5.41, 5.74) is 0. The number of fused-ring (bicyclic) bond motifs is 1. The topological polar surface area (TPSA) is 52.6 Å². The molecule has 0 radical (unpaired) electrons. The lowest BCUT2D eigenvalue weighted by Gasteiger charge is -2.41. The van der Waals surface area contributed by atoms with Crippen molar-refractivity contribution < 1.29 is 8.42 Å². The monoisotopic (exact) mass is 347 g/mol. The van der Waals surface area contributed by atoms with E-state index < -0.39 is 10.0 Å². The fraction of sp³-hybridized carbons (Fsp3) is 0.444. The van der Waals surface area contributed by atoms with Crippen molar-refractivity contribution in [2.75, 3.05) is 32.7 Å². The van der Waals surface area contributed by atoms with Crippen molar-refractivity contribution in [3.8, 4) is 0 Å². The van der Waals surface area contributed by atoms with E-state index in [-0.39, 0.29) is 6.17 Å². The lowest BCUT2D eigenvalue weighted by molar-refractivity contribution is 0.0904. The summed E-state index contributed by atoms with van der Waals surface area (Å²) in [5.74, 6) is 0. The number of nitrogens with one attached hydrogen (secondary N) is 1. The summed E-state index contributed by atoms with van der Waals surface area (Å²) in [7, 11) is -3.55. The third-order valence-corrected chi connectivity index (χ3v) is 6.69. The van der Waals surface area contributed by atoms with Crippen LogP contribution in [0.15, 0.2) is 47.4 Å². The van der Waals surface area contributed by atoms with Crippen LogP contribution in [0.2, 0.25) is 0 Å². The van der Waals surface area contributed by atoms with E-state index in [1.165, 1.54) is 0 Å². The zero-order valence-corrected chi connectivity index (χ0v) is 15.1. The lowest BCUT2D eigenvalue weighted by atomic mass is 10.1. The predicted molar refractivity (Wildman–Crippen MR) is 97.4 cm³/mol. The molecule has 1 aliphatic heterocycles. The highest BCUT2D eigenvalue weighted by atomic mass is 32.2. The minimum atomic E-state index is -3.55. The second kappa shape index (κ2) is 7.19. The van der Waals surface area contributed by atoms with Gasteiger partial charge in [0.25, 0.3) is 0 Å². The Balaban J connectivity index is 2.07. The van der Waals surface area contributed by atoms with Crippen molar-refractivity contribution in [1.82, 2.24) is 14.5 Å². The molecule has 1 fully saturated rings. The third kappa shape index (κ3) is 3.07. The Morgan fingerprint density at radius 3 is 2.58 bits per heavy atom. The van der Waals surface area contributed by atoms with E-state index in [0.29, 0.717) is 24.5 Å². The summed E-state index contributed by atoms with van der Waals surface area (Å²) in [6.45, 7) is 7.62. The number of sulfonamides is 1. The summed E-state index contributed by atoms with van der Waals surface area (Å²) >= 11 is 0. The molecule has 1 heterocycles. The first-order chi connectivity index (χ1) is 11.6. The molecule has 3 rings (SSSR count). The molecule has 1 atom stereocenters. The number of likely N-dealkylation sites (N-methyl/N-ethyl adjacent to an activating group) is 1. The van der Waals surface area contributed by atoms with Gasteiger partial charge in [0.2, 0.25) is 10.0 Å². The Morgan fingerprint density at radius 2 is 1.83 bits per heavy atom. The van der Waals surface area contributed by atoms with Gasteiger partial charge in [0.15, 0.2) is 0 Å². The molecule has 1 aliphatic rings. The first kappa shape index (κ1) is 17.4. The van der Waals surface area contributed by atoms with E-state index in [4.69, 9.17) is 0 Å². The summed E-state index contributed by atoms with van der Waals surface area (Å²) in [6.07, 6.45) is -0.141. The van der Waals surface area contributed by atoms with Crippen molar-refractivity contribution in [3.05, 3.63) is 42.5 Å². The summed E-state index contributed by atoms with van der Waals surface area (Å²) < 4.78 is 28.5. The van der Waals surface area contributed by atoms with Crippen LogP contribution < -0.4 is 5.32 Å². The van der Waals surface area contributed by atoms with Gasteiger partial charge in [-0.25, -0.2) is 8.42 Å². The molecule has 130 valence electrons. The highest BCUT2D eigenvalue weighted by Crippen LogP contribution is 2.28. The van der Waals surface area contributed by atoms with Gasteiger partial charge in [-0.2, -0.15) is 4.31 Å². The fourth-order valence-electron chi connectivity index (χ4n) is 3.45. The largest absolute Gasteiger partial charge is 0.312 e. The van der Waals surface area contributed by atoms with Gasteiger partial charge in [-0.05, 0) is 24.5 Å². The summed E-state index contributed by atoms with van der Waals surface area (Å²) in [4.78, 5) is 2.59. The maximum atomic E-state index is 13.4. The Labute approximate surface area is 144 Å². The van der Waals surface area contributed by atoms with Crippen molar-refractivity contribution in [2.24, 2.45) is 0 Å². The van der Waals surface area contributed by atoms with Gasteiger partial charge in [0, 0.05) is 25.0 Å². The zero-order chi connectivity index (χ0) is 17.2. The molecular formula is C18H25N3O2S. The smallest absolute Gasteiger partial charge is 0.245 e. The molecule has 2 aromatic carbocycles. The minimum Gasteiger partial charge on any atom is -0.312 e. The molecule has 0 spiro atoms. The Bertz CT molecular complexity index is 798. The van der Waals surface area contributed by atoms with Crippen LogP contribution in [0.1, 0.15) is 13.8 Å². The number of hydrogen-bond acceptors (Lipinski definition) is 4. The second-order valence-corrected chi connectivity index (χ2v) is 7.86. The predicted octanol–water partition coefficient (Wildman–Crippen LogP) is 2.10. The molecule has 0 aliphatic carbocycles. The van der Waals surface area contributed by atoms with Gasteiger partial charge in [-0.3, -0.25) is 4.90 Å². The number of piperazine rings is 1. The van der Waals surface area contributed by atoms with E-state index in [2.05, 4.69) is 24.1 Å². The van der Waals surface area contributed by atoms with Crippen LogP contribution in [0.5, 0.6) is 0 Å². The Hall–Kier alpha value is -1.47. The molecule has 0 aromatic heterocycles. The van der Waals surface area contributed by atoms with Crippen molar-refractivity contribution in [1.29, 1.82) is 0 Å². The van der Waals surface area contributed by atoms with Crippen LogP contribution in [0.4, 0.5) is 0 Å². The van der Waals surface area contributed by atoms with Crippen LogP contribution in [0, 0.1) is 0 Å². The number of nitrogens with zero attached hydrogens (tertiary/aromatic N) is 2. The van der Waals surface area contributed by atoms with E-state index in [1.807, 2.05) is 36.4 Å². The molecule has 6 heteroatoms. The maximum absolute atomic E-state index is 13.4. The van der Waals surface area contributed by atoms with Crippen LogP contribution in [-0.4, -0.2) is 56.5 Å². The van der Waals surface area contributed by atoms with Crippen LogP contribution in [-0.2, 0) is 10.0 Å². The zero-order valence-electron chi connectivity index (χ0n) is 14.3. The van der Waals surface area contributed by atoms with Gasteiger partial charge in [0.1, 0.15) is 0 Å². The normalized spacial score (nSPS) is 19.9. The van der Waals surface area contributed by atoms with Gasteiger partial charge in [-0.15, -0.1) is 0 Å². The van der Waals surface area contributed by atoms with Crippen LogP contribution >= 0.6 is 0 Å². The molecule has 0 bridgehead atoms. The average molecular weight is 347 g/mol. The maximum Gasteiger partial charge on any atom is 0.245 e. The minimum absolute atomic E-state index is 0.141. The summed E-state index contributed by atoms with van der Waals surface area (Å²) in [5, 5.41) is 5.07. The lowest BCUT2D eigenvalue weighted by Crippen LogP contribution is -2.60. The van der Waals surface area contributed by atoms with Gasteiger partial charge in [-0.1, -0.05) is 50.2 Å². The van der Waals surface area contributed by atoms with Gasteiger partial charge in [0.05, 0.1) is 11.1 Å². The number of rotatable bonds is 5. The molecule has 5 nitrogen and oxygen atoms in total. The van der Waals surface area contributed by atoms with Crippen molar-refractivity contribution in [3.63, 3.8) is 0 Å². The molecule has 1 N–H and O–H groups in total. The number of hydrogen-bond donors (Lipinski definition) is 1. The number of benzene rings is 2. The third-order valence-electron chi connectivity index (χ3n) is 4.74. The Kier molecular flexibility index (Phi) is 5.20. The van der Waals surface area contributed by atoms with Crippen LogP contribution in [0.25, 0.3) is 10.8 Å². The fourth-order valence-corrected chi connectivity index (χ4v) is 5.28. The van der Waals surface area contributed by atoms with Gasteiger partial charge >= 0.3 is 0 Å². The Morgan fingerprint density at radius 1 is 1.12 bits per heavy atom. The van der Waals surface area contributed by atoms with E-state index in [1.54, 1.807) is 10.4 Å². The van der Waals surface area contributed by atoms with Crippen molar-refractivity contribution in [2.45, 2.75) is 24.9 Å². The first-order valence-electron chi connectivity index (χ1n) is 8.54. The molecule has 0 saturated carbocycles. The SMILES string of the molecule is CCN(CC)C1CNCCN1S(=O)(=O)c1cccc2ccccc12. The van der Waals surface area contributed by atoms with E-state index in [0.717, 1.165) is 23.9 Å². The highest BCUT2D eigenvalue weighted by molar-refractivity contribution is 7.89. The standard InChI is InChI=1S/C18H25N3O2S/c1-3-20(4-2)18-14-19-12-13-21(18)24(22,23)17-11-7-9-15-8-5-6-10-16(15)17/h5-11,18-19H,3-4,12-14H2,1-2H3. The molecule has 24 heavy (non-hydrogen) atoms. The van der Waals surface area contributed by atoms with Gasteiger partial charge < -0.3 is 5.32 Å². The molecule has 2 aromatic rings. The summed E-state index contributed by atoms with van der Waals surface area (Å²) in [6, 6.07) is 13.2. The molecule has 1 saturated heterocycles. The molecular weight excluding hydrogens is 322 g/mol. The van der Waals surface area contributed by atoms with E-state index in [9.17, 15) is 8.42 Å².